The number of hydrogen-bond donors (Lipinski definition) is 1. The van der Waals surface area contributed by atoms with Gasteiger partial charge in [0.25, 0.3) is 0 Å². The van der Waals surface area contributed by atoms with Crippen molar-refractivity contribution in [2.45, 2.75) is 5.16 Å². The van der Waals surface area contributed by atoms with Gasteiger partial charge in [-0.2, -0.15) is 0 Å². The molecule has 0 atom stereocenters. The second kappa shape index (κ2) is 3.24. The summed E-state index contributed by atoms with van der Waals surface area (Å²) < 4.78 is 0. The molecule has 0 unspecified atom stereocenters. The van der Waals surface area contributed by atoms with Crippen molar-refractivity contribution in [1.29, 1.82) is 0 Å². The summed E-state index contributed by atoms with van der Waals surface area (Å²) in [6.45, 7) is 0. The van der Waals surface area contributed by atoms with Crippen molar-refractivity contribution in [2.24, 2.45) is 0 Å². The highest BCUT2D eigenvalue weighted by Crippen LogP contribution is 2.24. The first-order valence-electron chi connectivity index (χ1n) is 4.66. The fourth-order valence-electron chi connectivity index (χ4n) is 1.71. The van der Waals surface area contributed by atoms with E-state index in [1.165, 1.54) is 5.39 Å². The quantitative estimate of drug-likeness (QED) is 0.501. The fourth-order valence-corrected chi connectivity index (χ4v) is 2.05. The number of nitrogens with one attached hydrogen (secondary N) is 1. The molecule has 4 heteroatoms. The highest BCUT2D eigenvalue weighted by Gasteiger charge is 2.05. The summed E-state index contributed by atoms with van der Waals surface area (Å²) >= 11 is 1.55. The van der Waals surface area contributed by atoms with Crippen molar-refractivity contribution in [2.75, 3.05) is 6.26 Å². The fraction of sp³-hybridized carbons (Fsp3) is 0.0909. The lowest BCUT2D eigenvalue weighted by Crippen LogP contribution is -1.84. The molecule has 0 amide bonds. The summed E-state index contributed by atoms with van der Waals surface area (Å²) in [6, 6.07) is 8.17. The second-order valence-electron chi connectivity index (χ2n) is 3.29. The van der Waals surface area contributed by atoms with Crippen LogP contribution < -0.4 is 0 Å². The molecule has 0 aliphatic carbocycles. The highest BCUT2D eigenvalue weighted by atomic mass is 32.2. The molecule has 0 aliphatic rings. The third-order valence-electron chi connectivity index (χ3n) is 2.42. The van der Waals surface area contributed by atoms with Crippen LogP contribution in [0.2, 0.25) is 0 Å². The van der Waals surface area contributed by atoms with Gasteiger partial charge in [0.1, 0.15) is 5.65 Å². The molecule has 3 rings (SSSR count). The number of benzene rings is 1. The summed E-state index contributed by atoms with van der Waals surface area (Å²) in [7, 11) is 0. The Morgan fingerprint density at radius 1 is 1.20 bits per heavy atom. The number of para-hydroxylation sites is 1. The Labute approximate surface area is 90.9 Å². The molecule has 0 aliphatic heterocycles. The number of hydrogen-bond acceptors (Lipinski definition) is 3. The molecule has 0 saturated heterocycles. The van der Waals surface area contributed by atoms with Crippen LogP contribution in [0.15, 0.2) is 35.6 Å². The molecular formula is C11H9N3S. The smallest absolute Gasteiger partial charge is 0.189 e. The Morgan fingerprint density at radius 3 is 2.93 bits per heavy atom. The normalized spacial score (nSPS) is 11.3. The van der Waals surface area contributed by atoms with Crippen LogP contribution in [-0.2, 0) is 0 Å². The molecule has 1 aromatic carbocycles. The molecule has 3 nitrogen and oxygen atoms in total. The summed E-state index contributed by atoms with van der Waals surface area (Å²) in [5.41, 5.74) is 2.02. The van der Waals surface area contributed by atoms with E-state index < -0.39 is 0 Å². The van der Waals surface area contributed by atoms with Gasteiger partial charge < -0.3 is 4.98 Å². The zero-order chi connectivity index (χ0) is 10.3. The van der Waals surface area contributed by atoms with E-state index in [1.807, 2.05) is 24.6 Å². The van der Waals surface area contributed by atoms with E-state index in [0.29, 0.717) is 0 Å². The molecular weight excluding hydrogens is 206 g/mol. The van der Waals surface area contributed by atoms with Gasteiger partial charge in [-0.05, 0) is 12.3 Å². The van der Waals surface area contributed by atoms with Gasteiger partial charge in [-0.15, -0.1) is 0 Å². The first-order chi connectivity index (χ1) is 7.38. The molecule has 3 aromatic rings. The molecule has 2 aromatic heterocycles. The third kappa shape index (κ3) is 1.29. The van der Waals surface area contributed by atoms with Gasteiger partial charge in [0.05, 0.1) is 0 Å². The van der Waals surface area contributed by atoms with Gasteiger partial charge >= 0.3 is 0 Å². The predicted molar refractivity (Wildman–Crippen MR) is 63.2 cm³/mol. The number of H-pyrrole nitrogens is 1. The standard InChI is InChI=1S/C11H9N3S/c1-15-11-12-6-8-7-4-2-3-5-9(7)13-10(8)14-11/h2-6H,1H3,(H,12,13,14). The van der Waals surface area contributed by atoms with Gasteiger partial charge in [0.15, 0.2) is 5.16 Å². The summed E-state index contributed by atoms with van der Waals surface area (Å²) in [5, 5.41) is 3.07. The van der Waals surface area contributed by atoms with Gasteiger partial charge in [0.2, 0.25) is 0 Å². The van der Waals surface area contributed by atoms with Crippen LogP contribution in [0.3, 0.4) is 0 Å². The zero-order valence-corrected chi connectivity index (χ0v) is 9.01. The predicted octanol–water partition coefficient (Wildman–Crippen LogP) is 2.83. The van der Waals surface area contributed by atoms with Crippen LogP contribution in [0.1, 0.15) is 0 Å². The maximum Gasteiger partial charge on any atom is 0.189 e. The first kappa shape index (κ1) is 8.73. The lowest BCUT2D eigenvalue weighted by molar-refractivity contribution is 1.000. The van der Waals surface area contributed by atoms with Crippen LogP contribution >= 0.6 is 11.8 Å². The summed E-state index contributed by atoms with van der Waals surface area (Å²) in [4.78, 5) is 12.0. The SMILES string of the molecule is CSc1ncc2c(n1)[nH]c1ccccc12. The summed E-state index contributed by atoms with van der Waals surface area (Å²) in [5.74, 6) is 0. The summed E-state index contributed by atoms with van der Waals surface area (Å²) in [6.07, 6.45) is 3.86. The Bertz CT molecular complexity index is 630. The van der Waals surface area contributed by atoms with Crippen molar-refractivity contribution < 1.29 is 0 Å². The molecule has 0 spiro atoms. The molecule has 0 bridgehead atoms. The van der Waals surface area contributed by atoms with Crippen molar-refractivity contribution >= 4 is 33.7 Å². The van der Waals surface area contributed by atoms with E-state index in [4.69, 9.17) is 0 Å². The largest absolute Gasteiger partial charge is 0.339 e. The van der Waals surface area contributed by atoms with Crippen LogP contribution in [0, 0.1) is 0 Å². The van der Waals surface area contributed by atoms with Crippen molar-refractivity contribution in [3.05, 3.63) is 30.5 Å². The van der Waals surface area contributed by atoms with Gasteiger partial charge in [-0.3, -0.25) is 0 Å². The van der Waals surface area contributed by atoms with Crippen LogP contribution in [0.5, 0.6) is 0 Å². The minimum absolute atomic E-state index is 0.800. The number of rotatable bonds is 1. The zero-order valence-electron chi connectivity index (χ0n) is 8.19. The molecule has 0 radical (unpaired) electrons. The monoisotopic (exact) mass is 215 g/mol. The minimum Gasteiger partial charge on any atom is -0.339 e. The number of aromatic amines is 1. The molecule has 2 heterocycles. The highest BCUT2D eigenvalue weighted by molar-refractivity contribution is 7.98. The second-order valence-corrected chi connectivity index (χ2v) is 4.06. The van der Waals surface area contributed by atoms with Gasteiger partial charge in [-0.25, -0.2) is 9.97 Å². The average molecular weight is 215 g/mol. The molecule has 1 N–H and O–H groups in total. The van der Waals surface area contributed by atoms with Crippen LogP contribution in [0.25, 0.3) is 21.9 Å². The Hall–Kier alpha value is -1.55. The van der Waals surface area contributed by atoms with E-state index >= 15 is 0 Å². The number of nitrogens with zero attached hydrogens (tertiary/aromatic N) is 2. The van der Waals surface area contributed by atoms with Gasteiger partial charge in [0, 0.05) is 22.5 Å². The molecule has 0 saturated carbocycles. The molecule has 15 heavy (non-hydrogen) atoms. The topological polar surface area (TPSA) is 41.6 Å². The van der Waals surface area contributed by atoms with Crippen molar-refractivity contribution in [1.82, 2.24) is 15.0 Å². The van der Waals surface area contributed by atoms with E-state index in [0.717, 1.165) is 21.7 Å². The number of aromatic nitrogens is 3. The third-order valence-corrected chi connectivity index (χ3v) is 2.98. The Kier molecular flexibility index (Phi) is 1.89. The van der Waals surface area contributed by atoms with E-state index in [-0.39, 0.29) is 0 Å². The lowest BCUT2D eigenvalue weighted by Gasteiger charge is -1.93. The van der Waals surface area contributed by atoms with Crippen molar-refractivity contribution in [3.63, 3.8) is 0 Å². The van der Waals surface area contributed by atoms with E-state index in [2.05, 4.69) is 27.1 Å². The first-order valence-corrected chi connectivity index (χ1v) is 5.88. The number of thioether (sulfide) groups is 1. The maximum atomic E-state index is 4.43. The number of fused-ring (bicyclic) bond motifs is 3. The van der Waals surface area contributed by atoms with Crippen LogP contribution in [0.4, 0.5) is 0 Å². The van der Waals surface area contributed by atoms with Crippen LogP contribution in [-0.4, -0.2) is 21.2 Å². The average Bonchev–Trinajstić information content (AvgIpc) is 2.66. The van der Waals surface area contributed by atoms with E-state index in [1.54, 1.807) is 11.8 Å². The maximum absolute atomic E-state index is 4.43. The molecule has 0 fully saturated rings. The van der Waals surface area contributed by atoms with Gasteiger partial charge in [-0.1, -0.05) is 30.0 Å². The van der Waals surface area contributed by atoms with E-state index in [9.17, 15) is 0 Å². The molecule has 74 valence electrons. The van der Waals surface area contributed by atoms with Crippen molar-refractivity contribution in [3.8, 4) is 0 Å². The Morgan fingerprint density at radius 2 is 2.07 bits per heavy atom. The minimum atomic E-state index is 0.800. The Balaban J connectivity index is 2.43. The lowest BCUT2D eigenvalue weighted by atomic mass is 10.2.